The molecule has 0 radical (unpaired) electrons. The summed E-state index contributed by atoms with van der Waals surface area (Å²) in [6.45, 7) is 1.66. The molecule has 1 fully saturated rings. The van der Waals surface area contributed by atoms with Crippen LogP contribution in [0.4, 0.5) is 0 Å². The lowest BCUT2D eigenvalue weighted by atomic mass is 9.82. The minimum Gasteiger partial charge on any atom is -0.357 e. The molecular weight excluding hydrogens is 206 g/mol. The topological polar surface area (TPSA) is 84.2 Å². The second-order valence-electron chi connectivity index (χ2n) is 4.53. The molecule has 1 aliphatic rings. The monoisotopic (exact) mass is 227 g/mol. The third-order valence-electron chi connectivity index (χ3n) is 3.19. The lowest BCUT2D eigenvalue weighted by Gasteiger charge is -2.32. The second-order valence-corrected chi connectivity index (χ2v) is 4.53. The Morgan fingerprint density at radius 3 is 2.31 bits per heavy atom. The highest BCUT2D eigenvalue weighted by Gasteiger charge is 2.36. The van der Waals surface area contributed by atoms with Crippen LogP contribution in [-0.2, 0) is 9.59 Å². The van der Waals surface area contributed by atoms with E-state index in [1.807, 2.05) is 0 Å². The number of carbonyl (C=O) groups excluding carboxylic acids is 2. The van der Waals surface area contributed by atoms with Gasteiger partial charge in [0.15, 0.2) is 0 Å². The fourth-order valence-corrected chi connectivity index (χ4v) is 2.03. The zero-order valence-electron chi connectivity index (χ0n) is 10.0. The summed E-state index contributed by atoms with van der Waals surface area (Å²) < 4.78 is 0. The molecule has 1 unspecified atom stereocenters. The molecular formula is C11H21N3O2. The Kier molecular flexibility index (Phi) is 4.29. The van der Waals surface area contributed by atoms with E-state index < -0.39 is 11.6 Å². The third-order valence-corrected chi connectivity index (χ3v) is 3.19. The van der Waals surface area contributed by atoms with E-state index in [-0.39, 0.29) is 11.8 Å². The zero-order valence-corrected chi connectivity index (χ0v) is 10.0. The van der Waals surface area contributed by atoms with E-state index in [2.05, 4.69) is 10.6 Å². The summed E-state index contributed by atoms with van der Waals surface area (Å²) in [5, 5.41) is 5.16. The first kappa shape index (κ1) is 13.0. The van der Waals surface area contributed by atoms with Gasteiger partial charge in [-0.2, -0.15) is 0 Å². The molecule has 0 bridgehead atoms. The quantitative estimate of drug-likeness (QED) is 0.629. The van der Waals surface area contributed by atoms with Crippen LogP contribution in [0.25, 0.3) is 0 Å². The van der Waals surface area contributed by atoms with Gasteiger partial charge in [0.2, 0.25) is 11.8 Å². The number of amides is 2. The predicted molar refractivity (Wildman–Crippen MR) is 61.7 cm³/mol. The Bertz CT molecular complexity index is 272. The molecule has 0 saturated heterocycles. The van der Waals surface area contributed by atoms with Crippen molar-refractivity contribution >= 4 is 11.8 Å². The molecule has 0 heterocycles. The van der Waals surface area contributed by atoms with Crippen molar-refractivity contribution in [2.75, 3.05) is 7.05 Å². The molecule has 1 rings (SSSR count). The van der Waals surface area contributed by atoms with Crippen molar-refractivity contribution in [1.29, 1.82) is 0 Å². The van der Waals surface area contributed by atoms with Crippen LogP contribution in [0.1, 0.15) is 39.0 Å². The Balaban J connectivity index is 2.53. The highest BCUT2D eigenvalue weighted by Crippen LogP contribution is 2.25. The van der Waals surface area contributed by atoms with Crippen LogP contribution in [-0.4, -0.2) is 30.4 Å². The predicted octanol–water partition coefficient (Wildman–Crippen LogP) is -0.101. The van der Waals surface area contributed by atoms with Crippen LogP contribution < -0.4 is 16.4 Å². The molecule has 16 heavy (non-hydrogen) atoms. The summed E-state index contributed by atoms with van der Waals surface area (Å²) in [5.74, 6) is -0.406. The average Bonchev–Trinajstić information content (AvgIpc) is 2.28. The van der Waals surface area contributed by atoms with Crippen LogP contribution in [0, 0.1) is 0 Å². The summed E-state index contributed by atoms with van der Waals surface area (Å²) >= 11 is 0. The molecule has 1 aliphatic carbocycles. The highest BCUT2D eigenvalue weighted by molar-refractivity contribution is 5.91. The van der Waals surface area contributed by atoms with Gasteiger partial charge < -0.3 is 16.4 Å². The minimum atomic E-state index is -0.777. The highest BCUT2D eigenvalue weighted by atomic mass is 16.2. The van der Waals surface area contributed by atoms with Gasteiger partial charge in [0.05, 0.1) is 5.54 Å². The van der Waals surface area contributed by atoms with E-state index in [4.69, 9.17) is 5.73 Å². The molecule has 1 atom stereocenters. The Morgan fingerprint density at radius 1 is 1.25 bits per heavy atom. The zero-order chi connectivity index (χ0) is 12.2. The van der Waals surface area contributed by atoms with Gasteiger partial charge in [0, 0.05) is 7.05 Å². The van der Waals surface area contributed by atoms with E-state index in [0.29, 0.717) is 12.8 Å². The van der Waals surface area contributed by atoms with Crippen molar-refractivity contribution < 1.29 is 9.59 Å². The number of carbonyl (C=O) groups is 2. The molecule has 0 aromatic rings. The standard InChI is InChI=1S/C11H21N3O2/c1-8(9(15)13-2)14-10(16)11(12)6-4-3-5-7-11/h8H,3-7,12H2,1-2H3,(H,13,15)(H,14,16). The maximum Gasteiger partial charge on any atom is 0.242 e. The van der Waals surface area contributed by atoms with Gasteiger partial charge in [0.25, 0.3) is 0 Å². The molecule has 0 aromatic heterocycles. The lowest BCUT2D eigenvalue weighted by Crippen LogP contribution is -2.58. The van der Waals surface area contributed by atoms with Gasteiger partial charge in [0.1, 0.15) is 6.04 Å². The Labute approximate surface area is 96.1 Å². The average molecular weight is 227 g/mol. The number of nitrogens with two attached hydrogens (primary N) is 1. The van der Waals surface area contributed by atoms with Gasteiger partial charge in [-0.15, -0.1) is 0 Å². The summed E-state index contributed by atoms with van der Waals surface area (Å²) in [6.07, 6.45) is 4.52. The van der Waals surface area contributed by atoms with Gasteiger partial charge in [-0.3, -0.25) is 9.59 Å². The van der Waals surface area contributed by atoms with E-state index in [9.17, 15) is 9.59 Å². The van der Waals surface area contributed by atoms with Crippen molar-refractivity contribution in [2.45, 2.75) is 50.6 Å². The maximum absolute atomic E-state index is 11.9. The van der Waals surface area contributed by atoms with E-state index in [1.54, 1.807) is 14.0 Å². The molecule has 5 nitrogen and oxygen atoms in total. The molecule has 92 valence electrons. The van der Waals surface area contributed by atoms with Gasteiger partial charge in [-0.05, 0) is 19.8 Å². The molecule has 4 N–H and O–H groups in total. The maximum atomic E-state index is 11.9. The van der Waals surface area contributed by atoms with Gasteiger partial charge in [-0.1, -0.05) is 19.3 Å². The summed E-state index contributed by atoms with van der Waals surface area (Å²) in [7, 11) is 1.55. The van der Waals surface area contributed by atoms with Crippen LogP contribution in [0.15, 0.2) is 0 Å². The third kappa shape index (κ3) is 2.95. The Hall–Kier alpha value is -1.10. The number of nitrogens with one attached hydrogen (secondary N) is 2. The smallest absolute Gasteiger partial charge is 0.242 e. The first-order valence-electron chi connectivity index (χ1n) is 5.81. The van der Waals surface area contributed by atoms with Crippen LogP contribution >= 0.6 is 0 Å². The summed E-state index contributed by atoms with van der Waals surface area (Å²) in [6, 6.07) is -0.528. The normalized spacial score (nSPS) is 20.9. The van der Waals surface area contributed by atoms with E-state index in [1.165, 1.54) is 0 Å². The summed E-state index contributed by atoms with van der Waals surface area (Å²) in [5.41, 5.74) is 5.27. The number of likely N-dealkylation sites (N-methyl/N-ethyl adjacent to an activating group) is 1. The fourth-order valence-electron chi connectivity index (χ4n) is 2.03. The first-order chi connectivity index (χ1) is 7.49. The van der Waals surface area contributed by atoms with Crippen molar-refractivity contribution in [3.05, 3.63) is 0 Å². The van der Waals surface area contributed by atoms with Crippen LogP contribution in [0.5, 0.6) is 0 Å². The van der Waals surface area contributed by atoms with Gasteiger partial charge in [-0.25, -0.2) is 0 Å². The van der Waals surface area contributed by atoms with E-state index >= 15 is 0 Å². The Morgan fingerprint density at radius 2 is 1.81 bits per heavy atom. The van der Waals surface area contributed by atoms with Crippen molar-refractivity contribution in [3.8, 4) is 0 Å². The second kappa shape index (κ2) is 5.30. The molecule has 2 amide bonds. The molecule has 5 heteroatoms. The van der Waals surface area contributed by atoms with Crippen molar-refractivity contribution in [3.63, 3.8) is 0 Å². The first-order valence-corrected chi connectivity index (χ1v) is 5.81. The molecule has 0 aromatic carbocycles. The number of hydrogen-bond acceptors (Lipinski definition) is 3. The SMILES string of the molecule is CNC(=O)C(C)NC(=O)C1(N)CCCCC1. The largest absolute Gasteiger partial charge is 0.357 e. The van der Waals surface area contributed by atoms with Crippen molar-refractivity contribution in [2.24, 2.45) is 5.73 Å². The molecule has 0 spiro atoms. The number of hydrogen-bond donors (Lipinski definition) is 3. The van der Waals surface area contributed by atoms with Crippen LogP contribution in [0.2, 0.25) is 0 Å². The lowest BCUT2D eigenvalue weighted by molar-refractivity contribution is -0.132. The van der Waals surface area contributed by atoms with Crippen molar-refractivity contribution in [1.82, 2.24) is 10.6 Å². The fraction of sp³-hybridized carbons (Fsp3) is 0.818. The minimum absolute atomic E-state index is 0.201. The molecule has 0 aliphatic heterocycles. The molecule has 1 saturated carbocycles. The van der Waals surface area contributed by atoms with Crippen LogP contribution in [0.3, 0.4) is 0 Å². The van der Waals surface area contributed by atoms with E-state index in [0.717, 1.165) is 19.3 Å². The van der Waals surface area contributed by atoms with Gasteiger partial charge >= 0.3 is 0 Å². The number of rotatable bonds is 3. The summed E-state index contributed by atoms with van der Waals surface area (Å²) in [4.78, 5) is 23.2.